The van der Waals surface area contributed by atoms with Gasteiger partial charge in [0.2, 0.25) is 5.75 Å². The molecule has 5 nitrogen and oxygen atoms in total. The minimum atomic E-state index is -0.0748. The normalized spacial score (nSPS) is 12.4. The Hall–Kier alpha value is -3.47. The average molecular weight is 403 g/mol. The Morgan fingerprint density at radius 1 is 0.967 bits per heavy atom. The summed E-state index contributed by atoms with van der Waals surface area (Å²) in [5, 5.41) is 0. The van der Waals surface area contributed by atoms with E-state index in [1.165, 1.54) is 5.56 Å². The Balaban J connectivity index is 1.65. The van der Waals surface area contributed by atoms with Crippen molar-refractivity contribution < 1.29 is 19.0 Å². The van der Waals surface area contributed by atoms with Crippen molar-refractivity contribution >= 4 is 11.6 Å². The van der Waals surface area contributed by atoms with Crippen molar-refractivity contribution in [2.24, 2.45) is 0 Å². The molecule has 0 N–H and O–H groups in total. The van der Waals surface area contributed by atoms with Gasteiger partial charge in [-0.25, -0.2) is 0 Å². The van der Waals surface area contributed by atoms with E-state index in [1.54, 1.807) is 26.4 Å². The number of anilines is 1. The van der Waals surface area contributed by atoms with Crippen LogP contribution in [0.3, 0.4) is 0 Å². The van der Waals surface area contributed by atoms with Crippen LogP contribution in [0.2, 0.25) is 0 Å². The highest BCUT2D eigenvalue weighted by Crippen LogP contribution is 2.40. The first kappa shape index (κ1) is 19.8. The van der Waals surface area contributed by atoms with Gasteiger partial charge in [0.1, 0.15) is 6.61 Å². The molecule has 30 heavy (non-hydrogen) atoms. The van der Waals surface area contributed by atoms with Crippen LogP contribution < -0.4 is 19.1 Å². The maximum atomic E-state index is 13.4. The zero-order valence-corrected chi connectivity index (χ0v) is 17.5. The van der Waals surface area contributed by atoms with Gasteiger partial charge in [0, 0.05) is 12.1 Å². The maximum absolute atomic E-state index is 13.4. The van der Waals surface area contributed by atoms with Crippen LogP contribution in [0.1, 0.15) is 27.0 Å². The summed E-state index contributed by atoms with van der Waals surface area (Å²) in [5.74, 6) is 1.35. The summed E-state index contributed by atoms with van der Waals surface area (Å²) in [6, 6.07) is 19.5. The Labute approximate surface area is 176 Å². The van der Waals surface area contributed by atoms with Crippen molar-refractivity contribution in [2.45, 2.75) is 20.0 Å². The fraction of sp³-hybridized carbons (Fsp3) is 0.240. The molecule has 1 aliphatic rings. The predicted octanol–water partition coefficient (Wildman–Crippen LogP) is 4.79. The molecule has 0 atom stereocenters. The van der Waals surface area contributed by atoms with E-state index in [-0.39, 0.29) is 5.91 Å². The van der Waals surface area contributed by atoms with Gasteiger partial charge < -0.3 is 19.1 Å². The molecule has 3 aromatic carbocycles. The Bertz CT molecular complexity index is 1040. The van der Waals surface area contributed by atoms with Crippen molar-refractivity contribution in [3.8, 4) is 17.2 Å². The standard InChI is InChI=1S/C25H25NO4/c1-17-8-7-11-19-12-13-26(23(17)19)25(27)20-14-21(28-2)24(22(15-20)29-3)30-16-18-9-5-4-6-10-18/h4-11,14-15H,12-13,16H2,1-3H3. The number of methoxy groups -OCH3 is 2. The van der Waals surface area contributed by atoms with Crippen molar-refractivity contribution in [3.63, 3.8) is 0 Å². The molecule has 1 aliphatic heterocycles. The van der Waals surface area contributed by atoms with Crippen LogP contribution in [0.4, 0.5) is 5.69 Å². The number of rotatable bonds is 6. The van der Waals surface area contributed by atoms with Crippen molar-refractivity contribution in [2.75, 3.05) is 25.7 Å². The molecule has 0 bridgehead atoms. The zero-order valence-electron chi connectivity index (χ0n) is 17.5. The van der Waals surface area contributed by atoms with Crippen LogP contribution in [0.5, 0.6) is 17.2 Å². The summed E-state index contributed by atoms with van der Waals surface area (Å²) in [7, 11) is 3.13. The number of fused-ring (bicyclic) bond motifs is 1. The van der Waals surface area contributed by atoms with E-state index in [1.807, 2.05) is 54.3 Å². The van der Waals surface area contributed by atoms with Gasteiger partial charge in [0.05, 0.1) is 19.9 Å². The van der Waals surface area contributed by atoms with Crippen LogP contribution in [0.25, 0.3) is 0 Å². The lowest BCUT2D eigenvalue weighted by Crippen LogP contribution is -2.29. The molecular weight excluding hydrogens is 378 g/mol. The van der Waals surface area contributed by atoms with E-state index < -0.39 is 0 Å². The Morgan fingerprint density at radius 2 is 1.67 bits per heavy atom. The lowest BCUT2D eigenvalue weighted by molar-refractivity contribution is 0.0988. The fourth-order valence-corrected chi connectivity index (χ4v) is 3.89. The largest absolute Gasteiger partial charge is 0.493 e. The molecule has 0 aliphatic carbocycles. The summed E-state index contributed by atoms with van der Waals surface area (Å²) >= 11 is 0. The minimum Gasteiger partial charge on any atom is -0.493 e. The molecule has 154 valence electrons. The lowest BCUT2D eigenvalue weighted by Gasteiger charge is -2.21. The summed E-state index contributed by atoms with van der Waals surface area (Å²) in [6.07, 6.45) is 0.856. The third-order valence-electron chi connectivity index (χ3n) is 5.37. The Morgan fingerprint density at radius 3 is 2.33 bits per heavy atom. The summed E-state index contributed by atoms with van der Waals surface area (Å²) in [6.45, 7) is 3.07. The Kier molecular flexibility index (Phi) is 5.61. The molecule has 0 spiro atoms. The minimum absolute atomic E-state index is 0.0748. The van der Waals surface area contributed by atoms with Crippen LogP contribution in [-0.4, -0.2) is 26.7 Å². The average Bonchev–Trinajstić information content (AvgIpc) is 3.22. The number of para-hydroxylation sites is 1. The molecule has 5 heteroatoms. The maximum Gasteiger partial charge on any atom is 0.258 e. The van der Waals surface area contributed by atoms with Crippen molar-refractivity contribution in [1.82, 2.24) is 0 Å². The third-order valence-corrected chi connectivity index (χ3v) is 5.37. The number of carbonyl (C=O) groups is 1. The van der Waals surface area contributed by atoms with Crippen molar-refractivity contribution in [1.29, 1.82) is 0 Å². The second kappa shape index (κ2) is 8.49. The quantitative estimate of drug-likeness (QED) is 0.594. The number of benzene rings is 3. The molecule has 0 aromatic heterocycles. The summed E-state index contributed by atoms with van der Waals surface area (Å²) in [5.41, 5.74) is 4.84. The number of aryl methyl sites for hydroxylation is 1. The zero-order chi connectivity index (χ0) is 21.1. The van der Waals surface area contributed by atoms with Crippen LogP contribution >= 0.6 is 0 Å². The molecular formula is C25H25NO4. The fourth-order valence-electron chi connectivity index (χ4n) is 3.89. The highest BCUT2D eigenvalue weighted by Gasteiger charge is 2.28. The second-order valence-corrected chi connectivity index (χ2v) is 7.27. The van der Waals surface area contributed by atoms with E-state index in [9.17, 15) is 4.79 Å². The molecule has 0 saturated carbocycles. The smallest absolute Gasteiger partial charge is 0.258 e. The van der Waals surface area contributed by atoms with Gasteiger partial charge in [-0.05, 0) is 42.2 Å². The summed E-state index contributed by atoms with van der Waals surface area (Å²) < 4.78 is 17.1. The van der Waals surface area contributed by atoms with E-state index in [2.05, 4.69) is 6.07 Å². The molecule has 0 radical (unpaired) electrons. The number of amides is 1. The van der Waals surface area contributed by atoms with Gasteiger partial charge in [-0.1, -0.05) is 48.5 Å². The number of ether oxygens (including phenoxy) is 3. The molecule has 4 rings (SSSR count). The van der Waals surface area contributed by atoms with Crippen LogP contribution in [0, 0.1) is 6.92 Å². The topological polar surface area (TPSA) is 48.0 Å². The predicted molar refractivity (Wildman–Crippen MR) is 117 cm³/mol. The van der Waals surface area contributed by atoms with Gasteiger partial charge in [-0.2, -0.15) is 0 Å². The van der Waals surface area contributed by atoms with E-state index in [0.29, 0.717) is 36.0 Å². The van der Waals surface area contributed by atoms with Gasteiger partial charge in [0.15, 0.2) is 11.5 Å². The van der Waals surface area contributed by atoms with E-state index in [4.69, 9.17) is 14.2 Å². The molecule has 0 fully saturated rings. The van der Waals surface area contributed by atoms with Crippen LogP contribution in [0.15, 0.2) is 60.7 Å². The number of hydrogen-bond donors (Lipinski definition) is 0. The van der Waals surface area contributed by atoms with Gasteiger partial charge in [-0.15, -0.1) is 0 Å². The van der Waals surface area contributed by atoms with Crippen LogP contribution in [-0.2, 0) is 13.0 Å². The first-order chi connectivity index (χ1) is 14.6. The molecule has 1 amide bonds. The van der Waals surface area contributed by atoms with Gasteiger partial charge in [0.25, 0.3) is 5.91 Å². The first-order valence-electron chi connectivity index (χ1n) is 9.95. The lowest BCUT2D eigenvalue weighted by atomic mass is 10.1. The number of hydrogen-bond acceptors (Lipinski definition) is 4. The van der Waals surface area contributed by atoms with E-state index >= 15 is 0 Å². The van der Waals surface area contributed by atoms with Gasteiger partial charge >= 0.3 is 0 Å². The first-order valence-corrected chi connectivity index (χ1v) is 9.95. The molecule has 0 saturated heterocycles. The van der Waals surface area contributed by atoms with Gasteiger partial charge in [-0.3, -0.25) is 4.79 Å². The monoisotopic (exact) mass is 403 g/mol. The number of nitrogens with zero attached hydrogens (tertiary/aromatic N) is 1. The molecule has 3 aromatic rings. The molecule has 0 unspecified atom stereocenters. The third kappa shape index (κ3) is 3.71. The molecule has 1 heterocycles. The number of carbonyl (C=O) groups excluding carboxylic acids is 1. The highest BCUT2D eigenvalue weighted by molar-refractivity contribution is 6.08. The SMILES string of the molecule is COc1cc(C(=O)N2CCc3cccc(C)c32)cc(OC)c1OCc1ccccc1. The van der Waals surface area contributed by atoms with Crippen molar-refractivity contribution in [3.05, 3.63) is 82.9 Å². The summed E-state index contributed by atoms with van der Waals surface area (Å²) in [4.78, 5) is 15.2. The van der Waals surface area contributed by atoms with E-state index in [0.717, 1.165) is 23.2 Å². The highest BCUT2D eigenvalue weighted by atomic mass is 16.5. The second-order valence-electron chi connectivity index (χ2n) is 7.27.